The van der Waals surface area contributed by atoms with Crippen LogP contribution in [0.4, 0.5) is 0 Å². The van der Waals surface area contributed by atoms with Gasteiger partial charge in [0.1, 0.15) is 6.61 Å². The molecule has 0 aromatic rings. The van der Waals surface area contributed by atoms with E-state index in [1.165, 1.54) is 89.2 Å². The summed E-state index contributed by atoms with van der Waals surface area (Å²) in [6.07, 6.45) is 18.5. The molecule has 0 bridgehead atoms. The molecule has 4 rings (SSSR count). The first-order valence-electron chi connectivity index (χ1n) is 12.8. The Morgan fingerprint density at radius 2 is 1.79 bits per heavy atom. The van der Waals surface area contributed by atoms with Gasteiger partial charge in [-0.2, -0.15) is 0 Å². The predicted molar refractivity (Wildman–Crippen MR) is 123 cm³/mol. The van der Waals surface area contributed by atoms with E-state index in [2.05, 4.69) is 32.5 Å². The third-order valence-corrected chi connectivity index (χ3v) is 9.99. The lowest BCUT2D eigenvalue weighted by molar-refractivity contribution is -0.0859. The van der Waals surface area contributed by atoms with Crippen LogP contribution >= 0.6 is 0 Å². The van der Waals surface area contributed by atoms with E-state index in [1.807, 2.05) is 0 Å². The van der Waals surface area contributed by atoms with Crippen molar-refractivity contribution >= 4 is 5.71 Å². The Morgan fingerprint density at radius 3 is 2.62 bits per heavy atom. The summed E-state index contributed by atoms with van der Waals surface area (Å²) < 4.78 is 0. The van der Waals surface area contributed by atoms with E-state index in [1.54, 1.807) is 5.57 Å². The van der Waals surface area contributed by atoms with Gasteiger partial charge in [-0.3, -0.25) is 0 Å². The topological polar surface area (TPSA) is 21.6 Å². The van der Waals surface area contributed by atoms with Crippen LogP contribution in [0.3, 0.4) is 0 Å². The summed E-state index contributed by atoms with van der Waals surface area (Å²) in [6, 6.07) is 0. The number of rotatable bonds is 7. The number of unbranched alkanes of at least 4 members (excludes halogenated alkanes) is 4. The first-order valence-corrected chi connectivity index (χ1v) is 12.8. The number of hydrogen-bond acceptors (Lipinski definition) is 2. The maximum absolute atomic E-state index is 5.73. The van der Waals surface area contributed by atoms with Gasteiger partial charge in [-0.15, -0.1) is 0 Å². The molecule has 0 spiro atoms. The fourth-order valence-corrected chi connectivity index (χ4v) is 7.96. The van der Waals surface area contributed by atoms with Gasteiger partial charge < -0.3 is 4.84 Å². The molecule has 0 amide bonds. The van der Waals surface area contributed by atoms with Gasteiger partial charge >= 0.3 is 0 Å². The zero-order chi connectivity index (χ0) is 20.5. The Balaban J connectivity index is 1.33. The lowest BCUT2D eigenvalue weighted by Gasteiger charge is -2.60. The standard InChI is InChI=1S/C27H45NO/c1-5-6-7-8-9-18-29-28-22-14-16-27(4)21(19-22)11-12-23-24-13-10-20(2)26(24,3)17-15-25(23)27/h21,23-25H,2,5-19H2,1,3-4H3/t21?,23?,24?,25?,26-,27+/m1/s1. The summed E-state index contributed by atoms with van der Waals surface area (Å²) in [6.45, 7) is 12.7. The molecule has 2 heteroatoms. The van der Waals surface area contributed by atoms with Crippen LogP contribution in [0, 0.1) is 34.5 Å². The van der Waals surface area contributed by atoms with Crippen molar-refractivity contribution in [1.29, 1.82) is 0 Å². The van der Waals surface area contributed by atoms with Crippen molar-refractivity contribution in [1.82, 2.24) is 0 Å². The zero-order valence-corrected chi connectivity index (χ0v) is 19.5. The minimum absolute atomic E-state index is 0.455. The second-order valence-electron chi connectivity index (χ2n) is 11.4. The molecule has 0 saturated heterocycles. The van der Waals surface area contributed by atoms with Gasteiger partial charge in [0.05, 0.1) is 5.71 Å². The van der Waals surface area contributed by atoms with Crippen molar-refractivity contribution in [3.63, 3.8) is 0 Å². The quantitative estimate of drug-likeness (QED) is 0.242. The summed E-state index contributed by atoms with van der Waals surface area (Å²) in [5, 5.41) is 4.61. The smallest absolute Gasteiger partial charge is 0.117 e. The van der Waals surface area contributed by atoms with E-state index in [9.17, 15) is 0 Å². The molecule has 2 nitrogen and oxygen atoms in total. The molecule has 0 aliphatic heterocycles. The highest BCUT2D eigenvalue weighted by Gasteiger charge is 2.58. The highest BCUT2D eigenvalue weighted by atomic mass is 16.6. The van der Waals surface area contributed by atoms with Crippen LogP contribution in [-0.2, 0) is 4.84 Å². The fraction of sp³-hybridized carbons (Fsp3) is 0.889. The third-order valence-electron chi connectivity index (χ3n) is 9.99. The maximum Gasteiger partial charge on any atom is 0.117 e. The molecular formula is C27H45NO. The molecule has 4 unspecified atom stereocenters. The first-order chi connectivity index (χ1) is 14.0. The molecule has 4 saturated carbocycles. The van der Waals surface area contributed by atoms with E-state index >= 15 is 0 Å². The van der Waals surface area contributed by atoms with Crippen LogP contribution in [0.1, 0.15) is 111 Å². The summed E-state index contributed by atoms with van der Waals surface area (Å²) in [5.41, 5.74) is 3.91. The minimum atomic E-state index is 0.455. The molecule has 0 aromatic heterocycles. The van der Waals surface area contributed by atoms with E-state index in [-0.39, 0.29) is 0 Å². The van der Waals surface area contributed by atoms with Crippen LogP contribution in [0.25, 0.3) is 0 Å². The van der Waals surface area contributed by atoms with Crippen molar-refractivity contribution in [2.75, 3.05) is 6.61 Å². The molecule has 0 N–H and O–H groups in total. The summed E-state index contributed by atoms with van der Waals surface area (Å²) in [7, 11) is 0. The molecule has 6 atom stereocenters. The van der Waals surface area contributed by atoms with Gasteiger partial charge in [0.2, 0.25) is 0 Å². The number of fused-ring (bicyclic) bond motifs is 5. The Morgan fingerprint density at radius 1 is 0.966 bits per heavy atom. The van der Waals surface area contributed by atoms with E-state index < -0.39 is 0 Å². The van der Waals surface area contributed by atoms with Crippen molar-refractivity contribution in [2.24, 2.45) is 39.7 Å². The van der Waals surface area contributed by atoms with Crippen molar-refractivity contribution in [2.45, 2.75) is 111 Å². The van der Waals surface area contributed by atoms with E-state index in [0.717, 1.165) is 36.7 Å². The fourth-order valence-electron chi connectivity index (χ4n) is 7.96. The highest BCUT2D eigenvalue weighted by molar-refractivity contribution is 5.85. The summed E-state index contributed by atoms with van der Waals surface area (Å²) in [5.74, 6) is 3.63. The van der Waals surface area contributed by atoms with Crippen molar-refractivity contribution in [3.8, 4) is 0 Å². The van der Waals surface area contributed by atoms with E-state index in [4.69, 9.17) is 4.84 Å². The van der Waals surface area contributed by atoms with Crippen LogP contribution in [0.2, 0.25) is 0 Å². The normalized spacial score (nSPS) is 43.0. The molecular weight excluding hydrogens is 354 g/mol. The monoisotopic (exact) mass is 399 g/mol. The Bertz CT molecular complexity index is 624. The molecule has 0 heterocycles. The number of oxime groups is 1. The molecule has 4 aliphatic carbocycles. The molecule has 0 radical (unpaired) electrons. The summed E-state index contributed by atoms with van der Waals surface area (Å²) >= 11 is 0. The highest BCUT2D eigenvalue weighted by Crippen LogP contribution is 2.66. The van der Waals surface area contributed by atoms with Crippen molar-refractivity contribution < 1.29 is 4.84 Å². The van der Waals surface area contributed by atoms with Gasteiger partial charge in [-0.25, -0.2) is 0 Å². The zero-order valence-electron chi connectivity index (χ0n) is 19.5. The van der Waals surface area contributed by atoms with Gasteiger partial charge in [0.15, 0.2) is 0 Å². The second kappa shape index (κ2) is 8.75. The second-order valence-corrected chi connectivity index (χ2v) is 11.4. The Kier molecular flexibility index (Phi) is 6.47. The van der Waals surface area contributed by atoms with Gasteiger partial charge in [0, 0.05) is 0 Å². The van der Waals surface area contributed by atoms with Crippen LogP contribution in [0.15, 0.2) is 17.3 Å². The van der Waals surface area contributed by atoms with Crippen LogP contribution in [-0.4, -0.2) is 12.3 Å². The Labute approximate surface area is 179 Å². The number of hydrogen-bond donors (Lipinski definition) is 0. The van der Waals surface area contributed by atoms with Crippen molar-refractivity contribution in [3.05, 3.63) is 12.2 Å². The largest absolute Gasteiger partial charge is 0.396 e. The average Bonchev–Trinajstić information content (AvgIpc) is 3.02. The summed E-state index contributed by atoms with van der Waals surface area (Å²) in [4.78, 5) is 5.73. The molecule has 0 aromatic carbocycles. The predicted octanol–water partition coefficient (Wildman–Crippen LogP) is 7.93. The molecule has 4 fully saturated rings. The van der Waals surface area contributed by atoms with Gasteiger partial charge in [0.25, 0.3) is 0 Å². The molecule has 4 aliphatic rings. The maximum atomic E-state index is 5.73. The van der Waals surface area contributed by atoms with Gasteiger partial charge in [-0.05, 0) is 105 Å². The Hall–Kier alpha value is -0.790. The molecule has 29 heavy (non-hydrogen) atoms. The number of nitrogens with zero attached hydrogens (tertiary/aromatic N) is 1. The average molecular weight is 400 g/mol. The third kappa shape index (κ3) is 3.94. The minimum Gasteiger partial charge on any atom is -0.396 e. The van der Waals surface area contributed by atoms with Gasteiger partial charge in [-0.1, -0.05) is 57.3 Å². The lowest BCUT2D eigenvalue weighted by Crippen LogP contribution is -2.52. The number of allylic oxidation sites excluding steroid dienone is 1. The first kappa shape index (κ1) is 21.4. The van der Waals surface area contributed by atoms with E-state index in [0.29, 0.717) is 10.8 Å². The van der Waals surface area contributed by atoms with Crippen LogP contribution < -0.4 is 0 Å². The lowest BCUT2D eigenvalue weighted by atomic mass is 9.45. The molecule has 164 valence electrons. The SMILES string of the molecule is C=C1CCC2C3CCC4CC(=NOCCCCCCC)CC[C@]4(C)C3CC[C@]12C. The van der Waals surface area contributed by atoms with Crippen LogP contribution in [0.5, 0.6) is 0 Å².